The van der Waals surface area contributed by atoms with E-state index >= 15 is 0 Å². The second-order valence-corrected chi connectivity index (χ2v) is 12.2. The number of urea groups is 1. The van der Waals surface area contributed by atoms with E-state index in [9.17, 15) is 9.59 Å². The molecule has 2 aliphatic rings. The maximum absolute atomic E-state index is 13.7. The van der Waals surface area contributed by atoms with Gasteiger partial charge in [0.1, 0.15) is 6.04 Å². The van der Waals surface area contributed by atoms with Crippen molar-refractivity contribution in [3.63, 3.8) is 0 Å². The first-order valence-corrected chi connectivity index (χ1v) is 16.3. The molecule has 6 nitrogen and oxygen atoms in total. The van der Waals surface area contributed by atoms with Crippen molar-refractivity contribution in [2.75, 3.05) is 32.7 Å². The molecule has 234 valence electrons. The van der Waals surface area contributed by atoms with E-state index in [2.05, 4.69) is 99.3 Å². The molecule has 1 fully saturated rings. The summed E-state index contributed by atoms with van der Waals surface area (Å²) in [4.78, 5) is 31.0. The highest BCUT2D eigenvalue weighted by atomic mass is 16.2. The Kier molecular flexibility index (Phi) is 16.9. The van der Waals surface area contributed by atoms with Gasteiger partial charge in [-0.15, -0.1) is 0 Å². The van der Waals surface area contributed by atoms with Gasteiger partial charge in [0.25, 0.3) is 0 Å². The van der Waals surface area contributed by atoms with Crippen LogP contribution in [0.4, 0.5) is 4.79 Å². The van der Waals surface area contributed by atoms with E-state index in [1.54, 1.807) is 0 Å². The molecule has 3 amide bonds. The molecule has 0 aromatic heterocycles. The highest BCUT2D eigenvalue weighted by Crippen LogP contribution is 2.17. The third-order valence-electron chi connectivity index (χ3n) is 8.12. The first-order chi connectivity index (χ1) is 20.2. The molecule has 1 heterocycles. The van der Waals surface area contributed by atoms with Crippen LogP contribution in [0.1, 0.15) is 92.4 Å². The van der Waals surface area contributed by atoms with E-state index in [0.29, 0.717) is 12.8 Å². The molecular formula is C36H58N4O2. The number of rotatable bonds is 16. The molecule has 2 atom stereocenters. The van der Waals surface area contributed by atoms with Crippen LogP contribution in [0.2, 0.25) is 0 Å². The number of nitrogens with one attached hydrogen (secondary N) is 2. The van der Waals surface area contributed by atoms with Crippen LogP contribution in [-0.2, 0) is 4.79 Å². The summed E-state index contributed by atoms with van der Waals surface area (Å²) in [6, 6.07) is -0.759. The number of likely N-dealkylation sites (N-methyl/N-ethyl adjacent to an activating group) is 1. The Morgan fingerprint density at radius 2 is 1.76 bits per heavy atom. The largest absolute Gasteiger partial charge is 0.350 e. The lowest BCUT2D eigenvalue weighted by Gasteiger charge is -2.30. The smallest absolute Gasteiger partial charge is 0.318 e. The molecule has 1 unspecified atom stereocenters. The van der Waals surface area contributed by atoms with Crippen LogP contribution in [-0.4, -0.2) is 66.5 Å². The Hall–Kier alpha value is -2.86. The molecule has 2 N–H and O–H groups in total. The van der Waals surface area contributed by atoms with Crippen molar-refractivity contribution in [1.29, 1.82) is 0 Å². The number of hydrogen-bond donors (Lipinski definition) is 2. The predicted octanol–water partition coefficient (Wildman–Crippen LogP) is 7.48. The third-order valence-corrected chi connectivity index (χ3v) is 8.12. The van der Waals surface area contributed by atoms with Crippen LogP contribution in [0.15, 0.2) is 71.9 Å². The van der Waals surface area contributed by atoms with Gasteiger partial charge in [0.05, 0.1) is 0 Å². The summed E-state index contributed by atoms with van der Waals surface area (Å²) in [5.74, 6) is 0.182. The van der Waals surface area contributed by atoms with E-state index in [1.165, 1.54) is 11.1 Å². The minimum Gasteiger partial charge on any atom is -0.350 e. The fourth-order valence-electron chi connectivity index (χ4n) is 5.44. The highest BCUT2D eigenvalue weighted by molar-refractivity contribution is 5.87. The third kappa shape index (κ3) is 13.9. The fourth-order valence-corrected chi connectivity index (χ4v) is 5.44. The first kappa shape index (κ1) is 35.3. The zero-order chi connectivity index (χ0) is 30.7. The number of amides is 3. The number of carbonyl (C=O) groups is 2. The van der Waals surface area contributed by atoms with Crippen LogP contribution >= 0.6 is 0 Å². The van der Waals surface area contributed by atoms with Crippen molar-refractivity contribution < 1.29 is 9.59 Å². The summed E-state index contributed by atoms with van der Waals surface area (Å²) in [5, 5.41) is 6.41. The van der Waals surface area contributed by atoms with Crippen molar-refractivity contribution in [3.8, 4) is 0 Å². The van der Waals surface area contributed by atoms with Crippen molar-refractivity contribution in [3.05, 3.63) is 71.9 Å². The summed E-state index contributed by atoms with van der Waals surface area (Å²) in [7, 11) is 0. The van der Waals surface area contributed by atoms with Gasteiger partial charge in [-0.25, -0.2) is 4.79 Å². The molecule has 1 aliphatic heterocycles. The average Bonchev–Trinajstić information content (AvgIpc) is 3.41. The van der Waals surface area contributed by atoms with Gasteiger partial charge in [-0.2, -0.15) is 0 Å². The average molecular weight is 579 g/mol. The van der Waals surface area contributed by atoms with Crippen LogP contribution in [0.5, 0.6) is 0 Å². The standard InChI is InChI=1S/C36H58N4O2/c1-7-31(22-20-30(6)21-23-32-18-14-10-11-15-19-32)27-33(28-39(8-2)9-3)37-35(41)34(26-29(4)5)38-36(42)40-24-16-12-13-17-25-40/h7,10,14-15,18-20,22,29,33-34H,1,8-9,11-13,16-17,21,23-28H2,2-6H3,(H,37,41)(H,38,42)/b30-20+,31-22+/t33-,34?/m0/s1. The lowest BCUT2D eigenvalue weighted by Crippen LogP contribution is -2.55. The topological polar surface area (TPSA) is 64.7 Å². The summed E-state index contributed by atoms with van der Waals surface area (Å²) in [6.45, 7) is 18.8. The molecule has 1 saturated heterocycles. The zero-order valence-electron chi connectivity index (χ0n) is 27.2. The normalized spacial score (nSPS) is 17.9. The summed E-state index contributed by atoms with van der Waals surface area (Å²) >= 11 is 0. The molecule has 0 aromatic rings. The lowest BCUT2D eigenvalue weighted by molar-refractivity contribution is -0.124. The molecule has 0 radical (unpaired) electrons. The van der Waals surface area contributed by atoms with E-state index < -0.39 is 6.04 Å². The highest BCUT2D eigenvalue weighted by Gasteiger charge is 2.27. The number of nitrogens with zero attached hydrogens (tertiary/aromatic N) is 2. The maximum atomic E-state index is 13.7. The van der Waals surface area contributed by atoms with E-state index in [1.807, 2.05) is 11.0 Å². The molecular weight excluding hydrogens is 520 g/mol. The Labute approximate surface area is 256 Å². The predicted molar refractivity (Wildman–Crippen MR) is 178 cm³/mol. The monoisotopic (exact) mass is 578 g/mol. The Morgan fingerprint density at radius 1 is 1.05 bits per heavy atom. The van der Waals surface area contributed by atoms with Gasteiger partial charge in [-0.3, -0.25) is 4.79 Å². The van der Waals surface area contributed by atoms with Gasteiger partial charge in [-0.05, 0) is 82.0 Å². The fraction of sp³-hybridized carbons (Fsp3) is 0.611. The molecule has 0 spiro atoms. The molecule has 0 saturated carbocycles. The molecule has 1 aliphatic carbocycles. The second-order valence-electron chi connectivity index (χ2n) is 12.2. The minimum atomic E-state index is -0.555. The van der Waals surface area contributed by atoms with Gasteiger partial charge < -0.3 is 20.4 Å². The van der Waals surface area contributed by atoms with Crippen molar-refractivity contribution >= 4 is 11.9 Å². The number of carbonyl (C=O) groups excluding carboxylic acids is 2. The number of likely N-dealkylation sites (tertiary alicyclic amines) is 1. The van der Waals surface area contributed by atoms with Crippen LogP contribution in [0.25, 0.3) is 0 Å². The van der Waals surface area contributed by atoms with Crippen molar-refractivity contribution in [2.24, 2.45) is 5.92 Å². The summed E-state index contributed by atoms with van der Waals surface area (Å²) in [6.07, 6.45) is 25.9. The Bertz CT molecular complexity index is 992. The van der Waals surface area contributed by atoms with Gasteiger partial charge in [0, 0.05) is 25.7 Å². The SMILES string of the molecule is C=C/C(=C\C=C(/C)CCC1=CC=CCC=C1)C[C@@H](CN(CC)CC)NC(=O)C(CC(C)C)NC(=O)N1CCCCCC1. The first-order valence-electron chi connectivity index (χ1n) is 16.3. The number of allylic oxidation sites excluding steroid dienone is 10. The lowest BCUT2D eigenvalue weighted by atomic mass is 10.00. The minimum absolute atomic E-state index is 0.0897. The summed E-state index contributed by atoms with van der Waals surface area (Å²) < 4.78 is 0. The van der Waals surface area contributed by atoms with E-state index in [4.69, 9.17) is 0 Å². The molecule has 0 bridgehead atoms. The van der Waals surface area contributed by atoms with Crippen LogP contribution < -0.4 is 10.6 Å². The molecule has 42 heavy (non-hydrogen) atoms. The molecule has 6 heteroatoms. The number of hydrogen-bond acceptors (Lipinski definition) is 3. The quantitative estimate of drug-likeness (QED) is 0.187. The van der Waals surface area contributed by atoms with Gasteiger partial charge in [0.15, 0.2) is 0 Å². The zero-order valence-corrected chi connectivity index (χ0v) is 27.2. The Balaban J connectivity index is 2.12. The molecule has 0 aromatic carbocycles. The maximum Gasteiger partial charge on any atom is 0.318 e. The van der Waals surface area contributed by atoms with Crippen LogP contribution in [0.3, 0.4) is 0 Å². The van der Waals surface area contributed by atoms with Crippen LogP contribution in [0, 0.1) is 5.92 Å². The Morgan fingerprint density at radius 3 is 2.40 bits per heavy atom. The van der Waals surface area contributed by atoms with E-state index in [0.717, 1.165) is 83.2 Å². The van der Waals surface area contributed by atoms with Gasteiger partial charge in [-0.1, -0.05) is 101 Å². The van der Waals surface area contributed by atoms with E-state index in [-0.39, 0.29) is 23.9 Å². The second kappa shape index (κ2) is 20.1. The van der Waals surface area contributed by atoms with Crippen molar-refractivity contribution in [2.45, 2.75) is 104 Å². The summed E-state index contributed by atoms with van der Waals surface area (Å²) in [5.41, 5.74) is 3.76. The van der Waals surface area contributed by atoms with Gasteiger partial charge in [0.2, 0.25) is 5.91 Å². The van der Waals surface area contributed by atoms with Crippen molar-refractivity contribution in [1.82, 2.24) is 20.4 Å². The molecule has 2 rings (SSSR count). The van der Waals surface area contributed by atoms with Gasteiger partial charge >= 0.3 is 6.03 Å².